The molecule has 4 aromatic rings. The highest BCUT2D eigenvalue weighted by molar-refractivity contribution is 6.32. The molecule has 0 saturated heterocycles. The summed E-state index contributed by atoms with van der Waals surface area (Å²) >= 11 is 6.08. The van der Waals surface area contributed by atoms with Crippen LogP contribution in [0.3, 0.4) is 0 Å². The molecule has 0 aliphatic heterocycles. The molecular formula is C54H73ClN10O6. The Morgan fingerprint density at radius 1 is 0.577 bits per heavy atom. The maximum Gasteiger partial charge on any atom is 0.289 e. The Morgan fingerprint density at radius 3 is 1.54 bits per heavy atom. The van der Waals surface area contributed by atoms with Gasteiger partial charge in [0.2, 0.25) is 0 Å². The van der Waals surface area contributed by atoms with Crippen molar-refractivity contribution in [3.8, 4) is 18.2 Å². The highest BCUT2D eigenvalue weighted by Gasteiger charge is 2.25. The monoisotopic (exact) mass is 993 g/mol. The van der Waals surface area contributed by atoms with Gasteiger partial charge in [-0.05, 0) is 133 Å². The summed E-state index contributed by atoms with van der Waals surface area (Å²) < 4.78 is 0. The number of nitro benzene ring substituents is 3. The predicted molar refractivity (Wildman–Crippen MR) is 288 cm³/mol. The van der Waals surface area contributed by atoms with Crippen LogP contribution in [0.2, 0.25) is 5.02 Å². The van der Waals surface area contributed by atoms with Gasteiger partial charge >= 0.3 is 0 Å². The number of aryl methyl sites for hydroxylation is 1. The molecule has 1 atom stereocenters. The number of anilines is 4. The van der Waals surface area contributed by atoms with Crippen LogP contribution in [0.5, 0.6) is 0 Å². The van der Waals surface area contributed by atoms with Crippen molar-refractivity contribution in [3.05, 3.63) is 130 Å². The van der Waals surface area contributed by atoms with Crippen molar-refractivity contribution in [1.82, 2.24) is 0 Å². The summed E-state index contributed by atoms with van der Waals surface area (Å²) in [5.41, 5.74) is 5.35. The van der Waals surface area contributed by atoms with Crippen LogP contribution in [0.15, 0.2) is 72.8 Å². The first-order valence-corrected chi connectivity index (χ1v) is 25.2. The minimum atomic E-state index is -0.523. The van der Waals surface area contributed by atoms with Gasteiger partial charge in [0.15, 0.2) is 0 Å². The number of halogens is 1. The number of nitrogens with zero attached hydrogens (tertiary/aromatic N) is 10. The standard InChI is InChI=1S/C14H17ClN2.C14H19N3O2.C13H17N3O2.C13H20N2O2/c1-2-7-17(10-11-3-4-11)13-6-5-12(9-16)14(15)8-13;1-4-8-16(11(3)5-2)13-7-6-12(10-15)14(9-13)17(18)19;1-3-5-8-15(4-2)12-6-7-13(16(17)18)11(9-12)10-14;1-4-8-14(9-5-2)12-6-7-13(15(16)17)11(3)10-12/h5-6,8,11H,2-4,7,10H2,1H3;6-7,9,11H,4-5,8H2,1-3H3;6-7,9H,3-5,8H2,1-2H3;6-7,10H,4-5,8-9H2,1-3H3. The molecule has 0 N–H and O–H groups in total. The molecule has 0 amide bonds. The third-order valence-corrected chi connectivity index (χ3v) is 12.2. The SMILES string of the molecule is CCCCN(CC)c1ccc([N+](=O)[O-])c(C#N)c1.CCCN(CC1CC1)c1ccc(C#N)c(Cl)c1.CCCN(CCC)c1ccc([N+](=O)[O-])c(C)c1.CCCN(c1ccc(C#N)c([N+](=O)[O-])c1)C(C)CC. The Labute approximate surface area is 426 Å². The van der Waals surface area contributed by atoms with Crippen LogP contribution in [0.25, 0.3) is 0 Å². The number of unbranched alkanes of at least 4 members (excludes halogenated alkanes) is 1. The highest BCUT2D eigenvalue weighted by atomic mass is 35.5. The van der Waals surface area contributed by atoms with E-state index < -0.39 is 9.85 Å². The molecule has 1 saturated carbocycles. The average molecular weight is 994 g/mol. The molecule has 0 heterocycles. The quantitative estimate of drug-likeness (QED) is 0.0500. The van der Waals surface area contributed by atoms with Crippen molar-refractivity contribution in [2.75, 3.05) is 65.4 Å². The van der Waals surface area contributed by atoms with Gasteiger partial charge in [0.05, 0.1) is 25.4 Å². The largest absolute Gasteiger partial charge is 0.372 e. The molecule has 382 valence electrons. The molecule has 0 spiro atoms. The van der Waals surface area contributed by atoms with E-state index in [0.717, 1.165) is 125 Å². The number of rotatable bonds is 23. The Morgan fingerprint density at radius 2 is 1.07 bits per heavy atom. The molecule has 0 radical (unpaired) electrons. The Hall–Kier alpha value is -6.96. The van der Waals surface area contributed by atoms with Gasteiger partial charge < -0.3 is 19.6 Å². The summed E-state index contributed by atoms with van der Waals surface area (Å²) in [6.45, 7) is 25.4. The topological polar surface area (TPSA) is 214 Å². The van der Waals surface area contributed by atoms with Crippen LogP contribution >= 0.6 is 11.6 Å². The lowest BCUT2D eigenvalue weighted by Gasteiger charge is -2.30. The normalized spacial score (nSPS) is 11.5. The van der Waals surface area contributed by atoms with E-state index in [1.807, 2.05) is 49.4 Å². The van der Waals surface area contributed by atoms with Gasteiger partial charge in [-0.2, -0.15) is 15.8 Å². The van der Waals surface area contributed by atoms with Crippen LogP contribution in [-0.4, -0.2) is 66.6 Å². The summed E-state index contributed by atoms with van der Waals surface area (Å²) in [7, 11) is 0. The molecule has 1 aliphatic carbocycles. The van der Waals surface area contributed by atoms with E-state index in [1.54, 1.807) is 31.2 Å². The van der Waals surface area contributed by atoms with Gasteiger partial charge in [-0.3, -0.25) is 30.3 Å². The van der Waals surface area contributed by atoms with Crippen molar-refractivity contribution in [1.29, 1.82) is 15.8 Å². The Kier molecular flexibility index (Phi) is 27.1. The van der Waals surface area contributed by atoms with Gasteiger partial charge in [-0.1, -0.05) is 59.6 Å². The number of hydrogen-bond donors (Lipinski definition) is 0. The number of nitriles is 3. The maximum atomic E-state index is 11.0. The van der Waals surface area contributed by atoms with Crippen molar-refractivity contribution < 1.29 is 14.8 Å². The lowest BCUT2D eigenvalue weighted by Crippen LogP contribution is -2.33. The number of hydrogen-bond acceptors (Lipinski definition) is 13. The molecule has 1 fully saturated rings. The van der Waals surface area contributed by atoms with Crippen LogP contribution in [0.1, 0.15) is 135 Å². The minimum Gasteiger partial charge on any atom is -0.372 e. The summed E-state index contributed by atoms with van der Waals surface area (Å²) in [5, 5.41) is 59.7. The molecule has 1 unspecified atom stereocenters. The van der Waals surface area contributed by atoms with E-state index >= 15 is 0 Å². The zero-order valence-corrected chi connectivity index (χ0v) is 44.0. The Balaban J connectivity index is 0.000000325. The van der Waals surface area contributed by atoms with Crippen LogP contribution in [0.4, 0.5) is 39.8 Å². The van der Waals surface area contributed by atoms with Gasteiger partial charge in [-0.25, -0.2) is 0 Å². The van der Waals surface area contributed by atoms with Gasteiger partial charge in [0.1, 0.15) is 29.3 Å². The second kappa shape index (κ2) is 32.0. The number of benzene rings is 4. The number of nitro groups is 3. The zero-order chi connectivity index (χ0) is 53.0. The van der Waals surface area contributed by atoms with Crippen molar-refractivity contribution in [2.45, 2.75) is 126 Å². The lowest BCUT2D eigenvalue weighted by molar-refractivity contribution is -0.385. The van der Waals surface area contributed by atoms with Crippen molar-refractivity contribution in [3.63, 3.8) is 0 Å². The first-order chi connectivity index (χ1) is 34.0. The summed E-state index contributed by atoms with van der Waals surface area (Å²) in [6, 6.07) is 26.7. The van der Waals surface area contributed by atoms with Crippen molar-refractivity contribution >= 4 is 51.4 Å². The minimum absolute atomic E-state index is 0.106. The smallest absolute Gasteiger partial charge is 0.289 e. The maximum absolute atomic E-state index is 11.0. The Bertz CT molecular complexity index is 2460. The van der Waals surface area contributed by atoms with Crippen LogP contribution in [0, 0.1) is 77.2 Å². The fourth-order valence-electron chi connectivity index (χ4n) is 7.75. The molecular weight excluding hydrogens is 920 g/mol. The van der Waals surface area contributed by atoms with Crippen molar-refractivity contribution in [2.24, 2.45) is 5.92 Å². The summed E-state index contributed by atoms with van der Waals surface area (Å²) in [5.74, 6) is 0.857. The van der Waals surface area contributed by atoms with Gasteiger partial charge in [0.25, 0.3) is 17.1 Å². The lowest BCUT2D eigenvalue weighted by atomic mass is 10.1. The van der Waals surface area contributed by atoms with Gasteiger partial charge in [-0.15, -0.1) is 0 Å². The average Bonchev–Trinajstić information content (AvgIpc) is 4.19. The van der Waals surface area contributed by atoms with Crippen LogP contribution < -0.4 is 19.6 Å². The van der Waals surface area contributed by atoms with Gasteiger partial charge in [0, 0.05) is 98.4 Å². The zero-order valence-electron chi connectivity index (χ0n) is 43.2. The fourth-order valence-corrected chi connectivity index (χ4v) is 7.97. The molecule has 5 rings (SSSR count). The molecule has 0 bridgehead atoms. The first-order valence-electron chi connectivity index (χ1n) is 24.9. The van der Waals surface area contributed by atoms with E-state index in [1.165, 1.54) is 31.0 Å². The van der Waals surface area contributed by atoms with E-state index in [0.29, 0.717) is 16.6 Å². The molecule has 4 aromatic carbocycles. The van der Waals surface area contributed by atoms with E-state index in [4.69, 9.17) is 27.4 Å². The predicted octanol–water partition coefficient (Wildman–Crippen LogP) is 13.9. The second-order valence-electron chi connectivity index (χ2n) is 17.4. The van der Waals surface area contributed by atoms with E-state index in [2.05, 4.69) is 74.1 Å². The fraction of sp³-hybridized carbons (Fsp3) is 0.500. The van der Waals surface area contributed by atoms with E-state index in [9.17, 15) is 30.3 Å². The molecule has 1 aliphatic rings. The molecule has 17 heteroatoms. The first kappa shape index (κ1) is 60.2. The third-order valence-electron chi connectivity index (χ3n) is 11.9. The second-order valence-corrected chi connectivity index (χ2v) is 17.8. The molecule has 16 nitrogen and oxygen atoms in total. The summed E-state index contributed by atoms with van der Waals surface area (Å²) in [6.07, 6.45) is 10.1. The van der Waals surface area contributed by atoms with Crippen LogP contribution in [-0.2, 0) is 0 Å². The molecule has 71 heavy (non-hydrogen) atoms. The van der Waals surface area contributed by atoms with E-state index in [-0.39, 0.29) is 33.1 Å². The third kappa shape index (κ3) is 19.4. The summed E-state index contributed by atoms with van der Waals surface area (Å²) in [4.78, 5) is 40.0. The molecule has 0 aromatic heterocycles. The highest BCUT2D eigenvalue weighted by Crippen LogP contribution is 2.33.